The van der Waals surface area contributed by atoms with Crippen molar-refractivity contribution >= 4 is 5.91 Å². The quantitative estimate of drug-likeness (QED) is 0.782. The highest BCUT2D eigenvalue weighted by Crippen LogP contribution is 2.25. The first-order chi connectivity index (χ1) is 9.20. The molecule has 0 aromatic rings. The van der Waals surface area contributed by atoms with Gasteiger partial charge in [-0.1, -0.05) is 6.42 Å². The summed E-state index contributed by atoms with van der Waals surface area (Å²) in [6, 6.07) is 2.30. The van der Waals surface area contributed by atoms with Gasteiger partial charge in [0.05, 0.1) is 12.1 Å². The summed E-state index contributed by atoms with van der Waals surface area (Å²) in [7, 11) is 0. The first-order valence-electron chi connectivity index (χ1n) is 7.34. The SMILES string of the molecule is C[C@@H](C#N)N1CCN(CCNC(=O)C2CCC2)CC1. The molecule has 106 valence electrons. The minimum Gasteiger partial charge on any atom is -0.355 e. The van der Waals surface area contributed by atoms with Crippen molar-refractivity contribution in [2.24, 2.45) is 5.92 Å². The van der Waals surface area contributed by atoms with E-state index < -0.39 is 0 Å². The molecule has 1 aliphatic carbocycles. The third kappa shape index (κ3) is 3.92. The van der Waals surface area contributed by atoms with Crippen LogP contribution in [0, 0.1) is 17.2 Å². The van der Waals surface area contributed by atoms with Crippen molar-refractivity contribution < 1.29 is 4.79 Å². The van der Waals surface area contributed by atoms with Crippen LogP contribution in [0.4, 0.5) is 0 Å². The molecular weight excluding hydrogens is 240 g/mol. The smallest absolute Gasteiger partial charge is 0.223 e. The number of nitriles is 1. The Morgan fingerprint density at radius 3 is 2.58 bits per heavy atom. The summed E-state index contributed by atoms with van der Waals surface area (Å²) in [6.45, 7) is 7.51. The van der Waals surface area contributed by atoms with E-state index in [1.165, 1.54) is 6.42 Å². The molecule has 1 atom stereocenters. The lowest BCUT2D eigenvalue weighted by Crippen LogP contribution is -2.51. The second-order valence-corrected chi connectivity index (χ2v) is 5.60. The zero-order chi connectivity index (χ0) is 13.7. The number of nitrogens with one attached hydrogen (secondary N) is 1. The van der Waals surface area contributed by atoms with Gasteiger partial charge >= 0.3 is 0 Å². The Hall–Kier alpha value is -1.12. The van der Waals surface area contributed by atoms with Gasteiger partial charge in [-0.15, -0.1) is 0 Å². The van der Waals surface area contributed by atoms with Gasteiger partial charge in [0, 0.05) is 45.2 Å². The van der Waals surface area contributed by atoms with E-state index in [0.29, 0.717) is 0 Å². The Balaban J connectivity index is 1.58. The summed E-state index contributed by atoms with van der Waals surface area (Å²) in [6.07, 6.45) is 3.34. The van der Waals surface area contributed by atoms with Crippen molar-refractivity contribution in [2.45, 2.75) is 32.2 Å². The minimum absolute atomic E-state index is 0.0143. The monoisotopic (exact) mass is 264 g/mol. The minimum atomic E-state index is 0.0143. The van der Waals surface area contributed by atoms with Crippen LogP contribution in [0.2, 0.25) is 0 Å². The maximum absolute atomic E-state index is 11.7. The number of amides is 1. The van der Waals surface area contributed by atoms with E-state index in [-0.39, 0.29) is 17.9 Å². The summed E-state index contributed by atoms with van der Waals surface area (Å²) in [5, 5.41) is 11.9. The Kier molecular flexibility index (Phi) is 5.17. The first kappa shape index (κ1) is 14.3. The van der Waals surface area contributed by atoms with Crippen molar-refractivity contribution in [3.63, 3.8) is 0 Å². The van der Waals surface area contributed by atoms with Gasteiger partial charge in [0.1, 0.15) is 0 Å². The lowest BCUT2D eigenvalue weighted by molar-refractivity contribution is -0.127. The van der Waals surface area contributed by atoms with Crippen molar-refractivity contribution in [3.8, 4) is 6.07 Å². The fourth-order valence-electron chi connectivity index (χ4n) is 2.61. The molecule has 1 aliphatic heterocycles. The number of carbonyl (C=O) groups is 1. The van der Waals surface area contributed by atoms with Crippen LogP contribution < -0.4 is 5.32 Å². The van der Waals surface area contributed by atoms with Crippen LogP contribution in [-0.2, 0) is 4.79 Å². The fourth-order valence-corrected chi connectivity index (χ4v) is 2.61. The Morgan fingerprint density at radius 1 is 1.37 bits per heavy atom. The molecule has 0 radical (unpaired) electrons. The molecule has 1 saturated heterocycles. The average Bonchev–Trinajstić information content (AvgIpc) is 2.36. The number of rotatable bonds is 5. The molecule has 2 fully saturated rings. The summed E-state index contributed by atoms with van der Waals surface area (Å²) in [5.41, 5.74) is 0. The molecule has 19 heavy (non-hydrogen) atoms. The highest BCUT2D eigenvalue weighted by atomic mass is 16.1. The Labute approximate surface area is 115 Å². The molecule has 1 N–H and O–H groups in total. The van der Waals surface area contributed by atoms with Crippen LogP contribution in [0.25, 0.3) is 0 Å². The van der Waals surface area contributed by atoms with Crippen molar-refractivity contribution in [3.05, 3.63) is 0 Å². The van der Waals surface area contributed by atoms with Gasteiger partial charge in [-0.25, -0.2) is 0 Å². The molecule has 1 saturated carbocycles. The molecule has 0 aromatic heterocycles. The topological polar surface area (TPSA) is 59.4 Å². The molecular formula is C14H24N4O. The Morgan fingerprint density at radius 2 is 2.05 bits per heavy atom. The van der Waals surface area contributed by atoms with Gasteiger partial charge in [0.15, 0.2) is 0 Å². The van der Waals surface area contributed by atoms with E-state index in [1.807, 2.05) is 6.92 Å². The van der Waals surface area contributed by atoms with Gasteiger partial charge in [-0.05, 0) is 19.8 Å². The predicted molar refractivity (Wildman–Crippen MR) is 73.4 cm³/mol. The number of piperazine rings is 1. The molecule has 0 aromatic carbocycles. The first-order valence-corrected chi connectivity index (χ1v) is 7.34. The molecule has 5 heteroatoms. The van der Waals surface area contributed by atoms with Crippen LogP contribution in [0.3, 0.4) is 0 Å². The van der Waals surface area contributed by atoms with Crippen LogP contribution in [0.1, 0.15) is 26.2 Å². The van der Waals surface area contributed by atoms with Crippen molar-refractivity contribution in [1.82, 2.24) is 15.1 Å². The number of hydrogen-bond donors (Lipinski definition) is 1. The third-order valence-electron chi connectivity index (χ3n) is 4.34. The molecule has 0 spiro atoms. The van der Waals surface area contributed by atoms with Gasteiger partial charge in [-0.2, -0.15) is 5.26 Å². The van der Waals surface area contributed by atoms with Crippen molar-refractivity contribution in [2.75, 3.05) is 39.3 Å². The van der Waals surface area contributed by atoms with Gasteiger partial charge < -0.3 is 5.32 Å². The van der Waals surface area contributed by atoms with E-state index in [4.69, 9.17) is 5.26 Å². The summed E-state index contributed by atoms with van der Waals surface area (Å²) >= 11 is 0. The summed E-state index contributed by atoms with van der Waals surface area (Å²) in [5.74, 6) is 0.524. The van der Waals surface area contributed by atoms with E-state index in [2.05, 4.69) is 21.2 Å². The van der Waals surface area contributed by atoms with Gasteiger partial charge in [-0.3, -0.25) is 14.6 Å². The average molecular weight is 264 g/mol. The second kappa shape index (κ2) is 6.88. The molecule has 0 unspecified atom stereocenters. The number of carbonyl (C=O) groups excluding carboxylic acids is 1. The lowest BCUT2D eigenvalue weighted by Gasteiger charge is -2.36. The molecule has 2 rings (SSSR count). The lowest BCUT2D eigenvalue weighted by atomic mass is 9.85. The highest BCUT2D eigenvalue weighted by molar-refractivity contribution is 5.79. The fraction of sp³-hybridized carbons (Fsp3) is 0.857. The maximum atomic E-state index is 11.7. The molecule has 0 bridgehead atoms. The standard InChI is InChI=1S/C14H24N4O/c1-12(11-15)18-9-7-17(8-10-18)6-5-16-14(19)13-3-2-4-13/h12-13H,2-10H2,1H3,(H,16,19)/t12-/m0/s1. The van der Waals surface area contributed by atoms with Crippen LogP contribution >= 0.6 is 0 Å². The zero-order valence-electron chi connectivity index (χ0n) is 11.8. The van der Waals surface area contributed by atoms with E-state index >= 15 is 0 Å². The van der Waals surface area contributed by atoms with Gasteiger partial charge in [0.25, 0.3) is 0 Å². The summed E-state index contributed by atoms with van der Waals surface area (Å²) < 4.78 is 0. The number of nitrogens with zero attached hydrogens (tertiary/aromatic N) is 3. The van der Waals surface area contributed by atoms with Crippen molar-refractivity contribution in [1.29, 1.82) is 5.26 Å². The molecule has 2 aliphatic rings. The molecule has 1 heterocycles. The van der Waals surface area contributed by atoms with E-state index in [0.717, 1.165) is 52.1 Å². The molecule has 1 amide bonds. The van der Waals surface area contributed by atoms with E-state index in [1.54, 1.807) is 0 Å². The van der Waals surface area contributed by atoms with Gasteiger partial charge in [0.2, 0.25) is 5.91 Å². The maximum Gasteiger partial charge on any atom is 0.223 e. The Bertz CT molecular complexity index is 340. The second-order valence-electron chi connectivity index (χ2n) is 5.60. The van der Waals surface area contributed by atoms with Crippen LogP contribution in [0.5, 0.6) is 0 Å². The summed E-state index contributed by atoms with van der Waals surface area (Å²) in [4.78, 5) is 16.2. The van der Waals surface area contributed by atoms with Crippen LogP contribution in [-0.4, -0.2) is 61.0 Å². The normalized spacial score (nSPS) is 23.4. The molecule has 5 nitrogen and oxygen atoms in total. The van der Waals surface area contributed by atoms with Crippen LogP contribution in [0.15, 0.2) is 0 Å². The number of hydrogen-bond acceptors (Lipinski definition) is 4. The largest absolute Gasteiger partial charge is 0.355 e. The third-order valence-corrected chi connectivity index (χ3v) is 4.34. The predicted octanol–water partition coefficient (Wildman–Crippen LogP) is 0.432. The van der Waals surface area contributed by atoms with E-state index in [9.17, 15) is 4.79 Å². The zero-order valence-corrected chi connectivity index (χ0v) is 11.8. The highest BCUT2D eigenvalue weighted by Gasteiger charge is 2.25.